The van der Waals surface area contributed by atoms with Gasteiger partial charge in [-0.15, -0.1) is 0 Å². The SMILES string of the molecule is C=CC(=O)OCCCCCCCCC/C=C/C. The number of unbranched alkanes of at least 4 members (excludes halogenated alkanes) is 7. The average Bonchev–Trinajstić information content (AvgIpc) is 2.35. The van der Waals surface area contributed by atoms with Crippen LogP contribution in [0.4, 0.5) is 0 Å². The molecule has 0 aromatic heterocycles. The van der Waals surface area contributed by atoms with Crippen LogP contribution in [0.3, 0.4) is 0 Å². The van der Waals surface area contributed by atoms with E-state index < -0.39 is 0 Å². The van der Waals surface area contributed by atoms with Gasteiger partial charge >= 0.3 is 5.97 Å². The maximum Gasteiger partial charge on any atom is 0.330 e. The van der Waals surface area contributed by atoms with Crippen molar-refractivity contribution < 1.29 is 9.53 Å². The Balaban J connectivity index is 3.03. The van der Waals surface area contributed by atoms with Crippen LogP contribution >= 0.6 is 0 Å². The Morgan fingerprint density at radius 3 is 2.24 bits per heavy atom. The molecule has 0 heterocycles. The van der Waals surface area contributed by atoms with E-state index in [1.807, 2.05) is 0 Å². The maximum absolute atomic E-state index is 10.7. The molecule has 0 aromatic carbocycles. The molecule has 0 aliphatic carbocycles. The monoisotopic (exact) mass is 238 g/mol. The van der Waals surface area contributed by atoms with Gasteiger partial charge in [-0.2, -0.15) is 0 Å². The molecule has 0 N–H and O–H groups in total. The zero-order valence-corrected chi connectivity index (χ0v) is 11.1. The number of hydrogen-bond donors (Lipinski definition) is 0. The highest BCUT2D eigenvalue weighted by Gasteiger charge is 1.95. The van der Waals surface area contributed by atoms with Gasteiger partial charge in [0.05, 0.1) is 6.61 Å². The van der Waals surface area contributed by atoms with Gasteiger partial charge in [-0.1, -0.05) is 50.8 Å². The van der Waals surface area contributed by atoms with E-state index in [-0.39, 0.29) is 5.97 Å². The van der Waals surface area contributed by atoms with E-state index in [1.165, 1.54) is 44.6 Å². The number of carbonyl (C=O) groups excluding carboxylic acids is 1. The maximum atomic E-state index is 10.7. The van der Waals surface area contributed by atoms with Crippen molar-refractivity contribution in [2.45, 2.75) is 58.3 Å². The molecule has 98 valence electrons. The minimum absolute atomic E-state index is 0.311. The fourth-order valence-corrected chi connectivity index (χ4v) is 1.65. The molecule has 0 atom stereocenters. The Bertz CT molecular complexity index is 219. The molecule has 0 spiro atoms. The third-order valence-corrected chi connectivity index (χ3v) is 2.66. The molecule has 17 heavy (non-hydrogen) atoms. The quantitative estimate of drug-likeness (QED) is 0.231. The highest BCUT2D eigenvalue weighted by atomic mass is 16.5. The fraction of sp³-hybridized carbons (Fsp3) is 0.667. The first-order valence-electron chi connectivity index (χ1n) is 6.71. The number of hydrogen-bond acceptors (Lipinski definition) is 2. The van der Waals surface area contributed by atoms with Crippen molar-refractivity contribution in [1.82, 2.24) is 0 Å². The normalized spacial score (nSPS) is 10.6. The summed E-state index contributed by atoms with van der Waals surface area (Å²) in [5, 5.41) is 0. The lowest BCUT2D eigenvalue weighted by Crippen LogP contribution is -2.01. The molecule has 0 unspecified atom stereocenters. The van der Waals surface area contributed by atoms with Crippen LogP contribution in [0.25, 0.3) is 0 Å². The van der Waals surface area contributed by atoms with Crippen molar-refractivity contribution in [2.75, 3.05) is 6.61 Å². The van der Waals surface area contributed by atoms with Gasteiger partial charge in [-0.3, -0.25) is 0 Å². The van der Waals surface area contributed by atoms with Crippen LogP contribution in [0.2, 0.25) is 0 Å². The lowest BCUT2D eigenvalue weighted by atomic mass is 10.1. The second kappa shape index (κ2) is 13.0. The Morgan fingerprint density at radius 2 is 1.65 bits per heavy atom. The molecule has 0 amide bonds. The van der Waals surface area contributed by atoms with Crippen molar-refractivity contribution >= 4 is 5.97 Å². The summed E-state index contributed by atoms with van der Waals surface area (Å²) in [5.41, 5.74) is 0. The minimum Gasteiger partial charge on any atom is -0.463 e. The molecule has 0 aliphatic rings. The number of esters is 1. The van der Waals surface area contributed by atoms with Gasteiger partial charge in [0.25, 0.3) is 0 Å². The van der Waals surface area contributed by atoms with Gasteiger partial charge < -0.3 is 4.74 Å². The topological polar surface area (TPSA) is 26.3 Å². The molecular weight excluding hydrogens is 212 g/mol. The van der Waals surface area contributed by atoms with Crippen molar-refractivity contribution in [3.05, 3.63) is 24.8 Å². The summed E-state index contributed by atoms with van der Waals surface area (Å²) in [7, 11) is 0. The predicted octanol–water partition coefficient (Wildman–Crippen LogP) is 4.41. The third-order valence-electron chi connectivity index (χ3n) is 2.66. The van der Waals surface area contributed by atoms with Crippen LogP contribution in [0.5, 0.6) is 0 Å². The molecule has 0 radical (unpaired) electrons. The highest BCUT2D eigenvalue weighted by molar-refractivity contribution is 5.81. The van der Waals surface area contributed by atoms with Gasteiger partial charge in [-0.05, 0) is 26.2 Å². The molecule has 0 aliphatic heterocycles. The summed E-state index contributed by atoms with van der Waals surface area (Å²) >= 11 is 0. The van der Waals surface area contributed by atoms with Gasteiger partial charge in [0.2, 0.25) is 0 Å². The van der Waals surface area contributed by atoms with Crippen LogP contribution < -0.4 is 0 Å². The van der Waals surface area contributed by atoms with E-state index in [4.69, 9.17) is 4.74 Å². The first-order valence-corrected chi connectivity index (χ1v) is 6.71. The first kappa shape index (κ1) is 16.0. The summed E-state index contributed by atoms with van der Waals surface area (Å²) in [6.07, 6.45) is 15.4. The Labute approximate surface area is 106 Å². The lowest BCUT2D eigenvalue weighted by Gasteiger charge is -2.02. The molecule has 0 aromatic rings. The second-order valence-electron chi connectivity index (χ2n) is 4.20. The number of ether oxygens (including phenoxy) is 1. The summed E-state index contributed by atoms with van der Waals surface area (Å²) in [5.74, 6) is -0.311. The Hall–Kier alpha value is -1.05. The van der Waals surface area contributed by atoms with E-state index >= 15 is 0 Å². The molecule has 0 saturated heterocycles. The highest BCUT2D eigenvalue weighted by Crippen LogP contribution is 2.08. The van der Waals surface area contributed by atoms with E-state index in [1.54, 1.807) is 0 Å². The zero-order valence-electron chi connectivity index (χ0n) is 11.1. The summed E-state index contributed by atoms with van der Waals surface area (Å²) in [6, 6.07) is 0. The first-order chi connectivity index (χ1) is 8.31. The summed E-state index contributed by atoms with van der Waals surface area (Å²) in [4.78, 5) is 10.7. The Morgan fingerprint density at radius 1 is 1.06 bits per heavy atom. The number of rotatable bonds is 11. The molecule has 0 bridgehead atoms. The number of carbonyl (C=O) groups is 1. The smallest absolute Gasteiger partial charge is 0.330 e. The summed E-state index contributed by atoms with van der Waals surface area (Å²) < 4.78 is 4.90. The fourth-order valence-electron chi connectivity index (χ4n) is 1.65. The third kappa shape index (κ3) is 12.9. The average molecular weight is 238 g/mol. The van der Waals surface area contributed by atoms with Crippen LogP contribution in [0.1, 0.15) is 58.3 Å². The van der Waals surface area contributed by atoms with Crippen molar-refractivity contribution in [1.29, 1.82) is 0 Å². The van der Waals surface area contributed by atoms with Crippen molar-refractivity contribution in [3.63, 3.8) is 0 Å². The molecule has 2 heteroatoms. The number of allylic oxidation sites excluding steroid dienone is 2. The van der Waals surface area contributed by atoms with Crippen molar-refractivity contribution in [2.24, 2.45) is 0 Å². The van der Waals surface area contributed by atoms with Crippen LogP contribution in [-0.4, -0.2) is 12.6 Å². The lowest BCUT2D eigenvalue weighted by molar-refractivity contribution is -0.137. The van der Waals surface area contributed by atoms with Gasteiger partial charge in [0.15, 0.2) is 0 Å². The van der Waals surface area contributed by atoms with Crippen molar-refractivity contribution in [3.8, 4) is 0 Å². The zero-order chi connectivity index (χ0) is 12.8. The van der Waals surface area contributed by atoms with E-state index in [0.29, 0.717) is 6.61 Å². The van der Waals surface area contributed by atoms with Gasteiger partial charge in [-0.25, -0.2) is 4.79 Å². The van der Waals surface area contributed by atoms with E-state index in [9.17, 15) is 4.79 Å². The molecular formula is C15H26O2. The van der Waals surface area contributed by atoms with Gasteiger partial charge in [0.1, 0.15) is 0 Å². The standard InChI is InChI=1S/C15H26O2/c1-3-5-6-7-8-9-10-11-12-13-14-17-15(16)4-2/h3-5H,2,6-14H2,1H3/b5-3+. The largest absolute Gasteiger partial charge is 0.463 e. The molecule has 2 nitrogen and oxygen atoms in total. The van der Waals surface area contributed by atoms with Crippen LogP contribution in [0.15, 0.2) is 24.8 Å². The minimum atomic E-state index is -0.311. The van der Waals surface area contributed by atoms with Crippen LogP contribution in [0, 0.1) is 0 Å². The van der Waals surface area contributed by atoms with Gasteiger partial charge in [0, 0.05) is 6.08 Å². The Kier molecular flexibility index (Phi) is 12.2. The summed E-state index contributed by atoms with van der Waals surface area (Å²) in [6.45, 7) is 5.95. The molecule has 0 fully saturated rings. The molecule has 0 rings (SSSR count). The second-order valence-corrected chi connectivity index (χ2v) is 4.20. The predicted molar refractivity (Wildman–Crippen MR) is 72.9 cm³/mol. The molecule has 0 saturated carbocycles. The van der Waals surface area contributed by atoms with E-state index in [0.717, 1.165) is 12.8 Å². The van der Waals surface area contributed by atoms with Crippen LogP contribution in [-0.2, 0) is 9.53 Å². The van der Waals surface area contributed by atoms with E-state index in [2.05, 4.69) is 25.7 Å².